The molecule has 5 nitrogen and oxygen atoms in total. The first-order chi connectivity index (χ1) is 2.00. The summed E-state index contributed by atoms with van der Waals surface area (Å²) in [5.41, 5.74) is 0. The van der Waals surface area contributed by atoms with Gasteiger partial charge in [0, 0.05) is 0 Å². The Labute approximate surface area is 127 Å². The van der Waals surface area contributed by atoms with Crippen molar-refractivity contribution in [3.05, 3.63) is 0 Å². The molecule has 0 bridgehead atoms. The van der Waals surface area contributed by atoms with Crippen LogP contribution in [0.2, 0.25) is 0 Å². The molecule has 0 aromatic heterocycles. The predicted octanol–water partition coefficient (Wildman–Crippen LogP) is -5.43. The van der Waals surface area contributed by atoms with Crippen LogP contribution in [0.25, 0.3) is 0 Å². The first-order valence-electron chi connectivity index (χ1n) is 0.698. The van der Waals surface area contributed by atoms with Crippen LogP contribution in [-0.4, -0.2) is 63.4 Å². The molecule has 51 valence electrons. The van der Waals surface area contributed by atoms with E-state index in [0.717, 1.165) is 0 Å². The van der Waals surface area contributed by atoms with E-state index in [9.17, 15) is 0 Å². The first kappa shape index (κ1) is 29.8. The van der Waals surface area contributed by atoms with Gasteiger partial charge < -0.3 is 9.76 Å². The van der Waals surface area contributed by atoms with E-state index in [2.05, 4.69) is 0 Å². The Kier molecular flexibility index (Phi) is 44.2. The molecule has 0 fully saturated rings. The van der Waals surface area contributed by atoms with E-state index in [1.807, 2.05) is 0 Å². The minimum Gasteiger partial charge on any atom is -1.00 e. The molecule has 0 amide bonds. The molecule has 0 atom stereocenters. The average Bonchev–Trinajstić information content (AvgIpc) is 0.722. The zero-order valence-electron chi connectivity index (χ0n) is 8.33. The molecule has 0 aromatic carbocycles. The Morgan fingerprint density at radius 2 is 1.22 bits per heavy atom. The zero-order valence-corrected chi connectivity index (χ0v) is 12.7. The van der Waals surface area contributed by atoms with E-state index < -0.39 is 10.4 Å². The van der Waals surface area contributed by atoms with Gasteiger partial charge in [0.25, 0.3) is 0 Å². The van der Waals surface area contributed by atoms with Crippen LogP contribution in [-0.2, 0) is 10.4 Å². The molecule has 0 aromatic rings. The minimum absolute atomic E-state index is 0. The van der Waals surface area contributed by atoms with Gasteiger partial charge >= 0.3 is 84.8 Å². The van der Waals surface area contributed by atoms with Crippen LogP contribution >= 0.6 is 0 Å². The maximum atomic E-state index is 8.74. The van der Waals surface area contributed by atoms with Crippen LogP contribution in [0.4, 0.5) is 0 Å². The second-order valence-electron chi connectivity index (χ2n) is 0.448. The van der Waals surface area contributed by atoms with E-state index in [0.29, 0.717) is 0 Å². The minimum atomic E-state index is -4.67. The molecule has 0 saturated heterocycles. The largest absolute Gasteiger partial charge is 2.00 e. The summed E-state index contributed by atoms with van der Waals surface area (Å²) in [5.74, 6) is 0. The molecule has 0 saturated carbocycles. The average molecular weight is 212 g/mol. The summed E-state index contributed by atoms with van der Waals surface area (Å²) in [4.78, 5) is 0. The molecule has 0 aliphatic rings. The number of hydrogen-bond donors (Lipinski definition) is 2. The van der Waals surface area contributed by atoms with Gasteiger partial charge in [0.05, 0.1) is 0 Å². The van der Waals surface area contributed by atoms with Crippen molar-refractivity contribution in [2.75, 3.05) is 0 Å². The Hall–Kier alpha value is 2.77. The van der Waals surface area contributed by atoms with Gasteiger partial charge in [-0.15, -0.1) is 0 Å². The second kappa shape index (κ2) is 13.4. The van der Waals surface area contributed by atoms with Gasteiger partial charge in [-0.1, -0.05) is 0 Å². The van der Waals surface area contributed by atoms with Gasteiger partial charge in [-0.05, 0) is 0 Å². The summed E-state index contributed by atoms with van der Waals surface area (Å²) in [6.45, 7) is 0. The molecule has 0 spiro atoms. The molecule has 0 aliphatic heterocycles. The van der Waals surface area contributed by atoms with E-state index in [1.54, 1.807) is 0 Å². The van der Waals surface area contributed by atoms with Crippen molar-refractivity contribution in [1.29, 1.82) is 0 Å². The molecule has 0 aliphatic carbocycles. The van der Waals surface area contributed by atoms with Crippen molar-refractivity contribution in [3.8, 4) is 0 Å². The summed E-state index contributed by atoms with van der Waals surface area (Å²) in [5, 5.41) is 0. The van der Waals surface area contributed by atoms with Gasteiger partial charge in [0.15, 0.2) is 0 Å². The van der Waals surface area contributed by atoms with E-state index in [4.69, 9.17) is 17.5 Å². The van der Waals surface area contributed by atoms with Gasteiger partial charge in [-0.25, -0.2) is 0 Å². The van der Waals surface area contributed by atoms with Gasteiger partial charge in [-0.2, -0.15) is 8.42 Å². The summed E-state index contributed by atoms with van der Waals surface area (Å²) >= 11 is 0. The predicted molar refractivity (Wildman–Crippen MR) is 35.4 cm³/mol. The van der Waals surface area contributed by atoms with Crippen LogP contribution in [0.5, 0.6) is 0 Å². The Bertz CT molecular complexity index is 110. The molecule has 9 heteroatoms. The van der Waals surface area contributed by atoms with Crippen molar-refractivity contribution >= 4 is 50.8 Å². The summed E-state index contributed by atoms with van der Waals surface area (Å²) in [7, 11) is -4.67. The maximum absolute atomic E-state index is 8.74. The van der Waals surface area contributed by atoms with Crippen LogP contribution in [0.3, 0.4) is 0 Å². The Balaban J connectivity index is -0.00000000381. The van der Waals surface area contributed by atoms with Gasteiger partial charge in [-0.3, -0.25) is 9.11 Å². The van der Waals surface area contributed by atoms with E-state index in [-0.39, 0.29) is 102 Å². The quantitative estimate of drug-likeness (QED) is 0.308. The molecule has 9 heavy (non-hydrogen) atoms. The fourth-order valence-electron chi connectivity index (χ4n) is 0. The van der Waals surface area contributed by atoms with Crippen LogP contribution in [0.1, 0.15) is 4.28 Å². The molecule has 1 radical (unpaired) electrons. The van der Waals surface area contributed by atoms with Crippen LogP contribution < -0.4 is 51.4 Å². The van der Waals surface area contributed by atoms with Crippen molar-refractivity contribution in [3.63, 3.8) is 0 Å². The molecular formula is H9AlKMgO5S. The Morgan fingerprint density at radius 1 is 1.22 bits per heavy atom. The third-order valence-corrected chi connectivity index (χ3v) is 0. The summed E-state index contributed by atoms with van der Waals surface area (Å²) in [6.07, 6.45) is 0. The van der Waals surface area contributed by atoms with E-state index in [1.165, 1.54) is 0 Å². The van der Waals surface area contributed by atoms with Crippen molar-refractivity contribution in [2.45, 2.75) is 0 Å². The third kappa shape index (κ3) is 108. The SMILES string of the molecule is O.O=S(=O)(O)O.[AlH2].[H-].[H-].[H-].[K+].[Mg+2]. The molecule has 4 N–H and O–H groups in total. The van der Waals surface area contributed by atoms with Gasteiger partial charge in [0.1, 0.15) is 17.4 Å². The van der Waals surface area contributed by atoms with Crippen molar-refractivity contribution in [1.82, 2.24) is 0 Å². The van der Waals surface area contributed by atoms with Crippen molar-refractivity contribution in [2.24, 2.45) is 0 Å². The standard InChI is InChI=1S/Al.K.Mg.H2O4S.H2O.5H/c;;;1-5(2,3)4;;;;;;/h;;;(H2,1,2,3,4);1H2;;;;;/q;+1;+2;;;;;3*-1. The third-order valence-electron chi connectivity index (χ3n) is 0. The summed E-state index contributed by atoms with van der Waals surface area (Å²) < 4.78 is 31.6. The maximum Gasteiger partial charge on any atom is 2.00 e. The summed E-state index contributed by atoms with van der Waals surface area (Å²) in [6, 6.07) is 0. The smallest absolute Gasteiger partial charge is 1.00 e. The Morgan fingerprint density at radius 3 is 1.22 bits per heavy atom. The molecule has 0 unspecified atom stereocenters. The fourth-order valence-corrected chi connectivity index (χ4v) is 0. The second-order valence-corrected chi connectivity index (χ2v) is 1.34. The topological polar surface area (TPSA) is 106 Å². The monoisotopic (exact) mass is 211 g/mol. The first-order valence-corrected chi connectivity index (χ1v) is 2.10. The number of rotatable bonds is 0. The van der Waals surface area contributed by atoms with Gasteiger partial charge in [0.2, 0.25) is 0 Å². The van der Waals surface area contributed by atoms with E-state index >= 15 is 0 Å². The normalized spacial score (nSPS) is 6.44. The molecule has 0 rings (SSSR count). The zero-order chi connectivity index (χ0) is 4.50. The fraction of sp³-hybridized carbons (Fsp3) is 0. The molecule has 0 heterocycles. The van der Waals surface area contributed by atoms with Crippen molar-refractivity contribution < 1.29 is 78.7 Å². The number of hydrogen-bond acceptors (Lipinski definition) is 2. The van der Waals surface area contributed by atoms with Crippen LogP contribution in [0.15, 0.2) is 0 Å². The molecular weight excluding hydrogens is 202 g/mol. The van der Waals surface area contributed by atoms with Crippen LogP contribution in [0, 0.1) is 0 Å².